The Labute approximate surface area is 185 Å². The zero-order chi connectivity index (χ0) is 21.3. The van der Waals surface area contributed by atoms with Crippen LogP contribution < -0.4 is 15.4 Å². The molecule has 4 nitrogen and oxygen atoms in total. The summed E-state index contributed by atoms with van der Waals surface area (Å²) in [4.78, 5) is 12.8. The molecule has 4 rings (SSSR count). The largest absolute Gasteiger partial charge is 0.489 e. The third-order valence-electron chi connectivity index (χ3n) is 5.54. The molecular formula is C25H25BrN2O2. The molecule has 3 aromatic rings. The van der Waals surface area contributed by atoms with Crippen molar-refractivity contribution in [2.24, 2.45) is 0 Å². The van der Waals surface area contributed by atoms with E-state index in [0.29, 0.717) is 13.2 Å². The molecule has 0 saturated carbocycles. The van der Waals surface area contributed by atoms with Crippen LogP contribution in [0.5, 0.6) is 5.75 Å². The van der Waals surface area contributed by atoms with Gasteiger partial charge < -0.3 is 15.4 Å². The summed E-state index contributed by atoms with van der Waals surface area (Å²) in [7, 11) is 0. The second kappa shape index (κ2) is 8.52. The Hall–Kier alpha value is -2.79. The van der Waals surface area contributed by atoms with Gasteiger partial charge in [-0.25, -0.2) is 4.79 Å². The number of urea groups is 1. The smallest absolute Gasteiger partial charge is 0.319 e. The van der Waals surface area contributed by atoms with Crippen LogP contribution in [0.15, 0.2) is 59.1 Å². The molecule has 0 radical (unpaired) electrons. The van der Waals surface area contributed by atoms with E-state index in [4.69, 9.17) is 4.74 Å². The molecule has 1 aliphatic rings. The molecule has 0 aliphatic carbocycles. The molecule has 0 fully saturated rings. The van der Waals surface area contributed by atoms with Gasteiger partial charge in [0.25, 0.3) is 0 Å². The lowest BCUT2D eigenvalue weighted by Gasteiger charge is -2.21. The van der Waals surface area contributed by atoms with Gasteiger partial charge in [0.1, 0.15) is 12.4 Å². The Kier molecular flexibility index (Phi) is 5.82. The molecule has 2 N–H and O–H groups in total. The highest BCUT2D eigenvalue weighted by Crippen LogP contribution is 2.38. The van der Waals surface area contributed by atoms with Crippen molar-refractivity contribution in [2.45, 2.75) is 33.3 Å². The first-order valence-electron chi connectivity index (χ1n) is 10.0. The lowest BCUT2D eigenvalue weighted by molar-refractivity contribution is 0.251. The quantitative estimate of drug-likeness (QED) is 0.483. The van der Waals surface area contributed by atoms with Crippen LogP contribution in [0.4, 0.5) is 10.5 Å². The van der Waals surface area contributed by atoms with Crippen molar-refractivity contribution in [2.75, 3.05) is 11.9 Å². The standard InChI is InChI=1S/C25H25BrN2O2/c1-15-10-16(2)24(17(3)11-15)28-25(29)27-13-22-20-7-5-4-6-18(20)14-30-23-9-8-19(26)12-21(22)23/h4-12,22H,13-14H2,1-3H3,(H2,27,28,29). The lowest BCUT2D eigenvalue weighted by atomic mass is 9.88. The fraction of sp³-hybridized carbons (Fsp3) is 0.240. The van der Waals surface area contributed by atoms with Crippen molar-refractivity contribution in [1.82, 2.24) is 5.32 Å². The number of hydrogen-bond acceptors (Lipinski definition) is 2. The van der Waals surface area contributed by atoms with E-state index in [1.807, 2.05) is 38.1 Å². The molecule has 0 spiro atoms. The first kappa shape index (κ1) is 20.5. The normalized spacial score (nSPS) is 14.7. The van der Waals surface area contributed by atoms with E-state index in [0.717, 1.165) is 38.2 Å². The fourth-order valence-corrected chi connectivity index (χ4v) is 4.58. The lowest BCUT2D eigenvalue weighted by Crippen LogP contribution is -2.33. The van der Waals surface area contributed by atoms with E-state index in [-0.39, 0.29) is 11.9 Å². The predicted molar refractivity (Wildman–Crippen MR) is 124 cm³/mol. The number of anilines is 1. The van der Waals surface area contributed by atoms with Crippen LogP contribution in [-0.4, -0.2) is 12.6 Å². The number of hydrogen-bond donors (Lipinski definition) is 2. The summed E-state index contributed by atoms with van der Waals surface area (Å²) in [5.74, 6) is 0.856. The summed E-state index contributed by atoms with van der Waals surface area (Å²) in [5, 5.41) is 6.11. The maximum absolute atomic E-state index is 12.8. The zero-order valence-corrected chi connectivity index (χ0v) is 19.0. The van der Waals surface area contributed by atoms with E-state index in [1.54, 1.807) is 0 Å². The van der Waals surface area contributed by atoms with E-state index >= 15 is 0 Å². The van der Waals surface area contributed by atoms with Crippen molar-refractivity contribution in [3.05, 3.63) is 92.5 Å². The number of halogens is 1. The Morgan fingerprint density at radius 3 is 2.53 bits per heavy atom. The monoisotopic (exact) mass is 464 g/mol. The Balaban J connectivity index is 1.59. The van der Waals surface area contributed by atoms with Crippen LogP contribution in [0.2, 0.25) is 0 Å². The first-order chi connectivity index (χ1) is 14.4. The molecule has 5 heteroatoms. The highest BCUT2D eigenvalue weighted by molar-refractivity contribution is 9.10. The molecule has 0 aromatic heterocycles. The van der Waals surface area contributed by atoms with Crippen molar-refractivity contribution in [3.63, 3.8) is 0 Å². The van der Waals surface area contributed by atoms with E-state index in [2.05, 4.69) is 63.8 Å². The fourth-order valence-electron chi connectivity index (χ4n) is 4.20. The molecule has 3 aromatic carbocycles. The summed E-state index contributed by atoms with van der Waals surface area (Å²) in [6.45, 7) is 7.09. The van der Waals surface area contributed by atoms with Crippen LogP contribution >= 0.6 is 15.9 Å². The van der Waals surface area contributed by atoms with Crippen LogP contribution in [0, 0.1) is 20.8 Å². The minimum absolute atomic E-state index is 0.00200. The summed E-state index contributed by atoms with van der Waals surface area (Å²) in [6, 6.07) is 18.3. The number of benzene rings is 3. The highest BCUT2D eigenvalue weighted by Gasteiger charge is 2.25. The maximum atomic E-state index is 12.8. The summed E-state index contributed by atoms with van der Waals surface area (Å²) in [5.41, 5.74) is 7.56. The van der Waals surface area contributed by atoms with Crippen LogP contribution in [0.1, 0.15) is 39.3 Å². The third-order valence-corrected chi connectivity index (χ3v) is 6.04. The van der Waals surface area contributed by atoms with Gasteiger partial charge in [-0.1, -0.05) is 57.9 Å². The second-order valence-electron chi connectivity index (χ2n) is 7.83. The zero-order valence-electron chi connectivity index (χ0n) is 17.4. The number of carbonyl (C=O) groups is 1. The van der Waals surface area contributed by atoms with E-state index in [9.17, 15) is 4.79 Å². The maximum Gasteiger partial charge on any atom is 0.319 e. The summed E-state index contributed by atoms with van der Waals surface area (Å²) in [6.07, 6.45) is 0. The Bertz CT molecular complexity index is 1090. The van der Waals surface area contributed by atoms with Crippen molar-refractivity contribution in [1.29, 1.82) is 0 Å². The predicted octanol–water partition coefficient (Wildman–Crippen LogP) is 6.22. The second-order valence-corrected chi connectivity index (χ2v) is 8.75. The number of carbonyl (C=O) groups excluding carboxylic acids is 1. The van der Waals surface area contributed by atoms with Gasteiger partial charge in [0.15, 0.2) is 0 Å². The Morgan fingerprint density at radius 1 is 1.03 bits per heavy atom. The molecule has 30 heavy (non-hydrogen) atoms. The van der Waals surface area contributed by atoms with E-state index < -0.39 is 0 Å². The molecule has 0 saturated heterocycles. The van der Waals surface area contributed by atoms with Gasteiger partial charge in [-0.05, 0) is 61.2 Å². The average molecular weight is 465 g/mol. The third kappa shape index (κ3) is 4.21. The molecule has 0 bridgehead atoms. The Morgan fingerprint density at radius 2 is 1.77 bits per heavy atom. The minimum Gasteiger partial charge on any atom is -0.489 e. The van der Waals surface area contributed by atoms with Gasteiger partial charge in [0.05, 0.1) is 0 Å². The van der Waals surface area contributed by atoms with Crippen LogP contribution in [0.3, 0.4) is 0 Å². The van der Waals surface area contributed by atoms with Gasteiger partial charge >= 0.3 is 6.03 Å². The van der Waals surface area contributed by atoms with Crippen LogP contribution in [-0.2, 0) is 6.61 Å². The molecular weight excluding hydrogens is 440 g/mol. The van der Waals surface area contributed by atoms with Gasteiger partial charge in [-0.3, -0.25) is 0 Å². The average Bonchev–Trinajstić information content (AvgIpc) is 2.85. The molecule has 2 amide bonds. The summed E-state index contributed by atoms with van der Waals surface area (Å²) >= 11 is 3.57. The molecule has 1 heterocycles. The van der Waals surface area contributed by atoms with Gasteiger partial charge in [-0.2, -0.15) is 0 Å². The van der Waals surface area contributed by atoms with Crippen molar-refractivity contribution in [3.8, 4) is 5.75 Å². The van der Waals surface area contributed by atoms with Crippen LogP contribution in [0.25, 0.3) is 0 Å². The minimum atomic E-state index is -0.204. The SMILES string of the molecule is Cc1cc(C)c(NC(=O)NCC2c3ccccc3COc3ccc(Br)cc32)c(C)c1. The summed E-state index contributed by atoms with van der Waals surface area (Å²) < 4.78 is 7.05. The number of fused-ring (bicyclic) bond motifs is 2. The number of ether oxygens (including phenoxy) is 1. The molecule has 1 atom stereocenters. The number of aryl methyl sites for hydroxylation is 3. The number of amides is 2. The van der Waals surface area contributed by atoms with Gasteiger partial charge in [0.2, 0.25) is 0 Å². The molecule has 154 valence electrons. The van der Waals surface area contributed by atoms with Crippen molar-refractivity contribution >= 4 is 27.6 Å². The topological polar surface area (TPSA) is 50.4 Å². The van der Waals surface area contributed by atoms with E-state index in [1.165, 1.54) is 11.1 Å². The number of nitrogens with one attached hydrogen (secondary N) is 2. The number of rotatable bonds is 3. The highest BCUT2D eigenvalue weighted by atomic mass is 79.9. The van der Waals surface area contributed by atoms with Gasteiger partial charge in [0, 0.05) is 28.2 Å². The molecule has 1 aliphatic heterocycles. The van der Waals surface area contributed by atoms with Crippen molar-refractivity contribution < 1.29 is 9.53 Å². The van der Waals surface area contributed by atoms with Gasteiger partial charge in [-0.15, -0.1) is 0 Å². The first-order valence-corrected chi connectivity index (χ1v) is 10.8. The molecule has 1 unspecified atom stereocenters.